The number of hydrogen-bond donors (Lipinski definition) is 2. The zero-order valence-corrected chi connectivity index (χ0v) is 7.66. The Balaban J connectivity index is 2.68. The van der Waals surface area contributed by atoms with Crippen molar-refractivity contribution < 1.29 is 15.0 Å². The summed E-state index contributed by atoms with van der Waals surface area (Å²) < 4.78 is 1.46. The van der Waals surface area contributed by atoms with Crippen LogP contribution in [-0.2, 0) is 0 Å². The summed E-state index contributed by atoms with van der Waals surface area (Å²) in [7, 11) is 0. The van der Waals surface area contributed by atoms with Crippen molar-refractivity contribution in [2.75, 3.05) is 0 Å². The molecule has 5 heteroatoms. The van der Waals surface area contributed by atoms with Gasteiger partial charge in [0.25, 0.3) is 0 Å². The average Bonchev–Trinajstić information content (AvgIpc) is 2.70. The maximum Gasteiger partial charge on any atom is 0.337 e. The van der Waals surface area contributed by atoms with Crippen molar-refractivity contribution in [2.24, 2.45) is 0 Å². The Morgan fingerprint density at radius 1 is 1.40 bits per heavy atom. The van der Waals surface area contributed by atoms with E-state index in [9.17, 15) is 9.90 Å². The molecule has 1 aromatic carbocycles. The molecule has 2 N–H and O–H groups in total. The number of phenols is 1. The molecule has 76 valence electrons. The van der Waals surface area contributed by atoms with Gasteiger partial charge in [0.05, 0.1) is 11.9 Å². The Bertz CT molecular complexity index is 491. The van der Waals surface area contributed by atoms with E-state index in [4.69, 9.17) is 5.11 Å². The second-order valence-electron chi connectivity index (χ2n) is 2.95. The number of aromatic hydroxyl groups is 1. The highest BCUT2D eigenvalue weighted by Gasteiger charge is 2.14. The molecule has 15 heavy (non-hydrogen) atoms. The number of aromatic nitrogens is 2. The molecule has 0 saturated heterocycles. The predicted octanol–water partition coefficient (Wildman–Crippen LogP) is 1.28. The van der Waals surface area contributed by atoms with Gasteiger partial charge in [0, 0.05) is 12.4 Å². The average molecular weight is 204 g/mol. The van der Waals surface area contributed by atoms with Crippen molar-refractivity contribution in [1.29, 1.82) is 0 Å². The standard InChI is InChI=1S/C10H8N2O3/c13-8-3-1-2-7(10(14)15)9(8)12-5-4-11-6-12/h1-6,13H,(H,14,15). The van der Waals surface area contributed by atoms with Crippen LogP contribution in [0.2, 0.25) is 0 Å². The first-order valence-corrected chi connectivity index (χ1v) is 4.24. The normalized spacial score (nSPS) is 10.1. The van der Waals surface area contributed by atoms with E-state index in [1.54, 1.807) is 6.20 Å². The molecule has 1 aromatic heterocycles. The van der Waals surface area contributed by atoms with E-state index in [1.807, 2.05) is 0 Å². The van der Waals surface area contributed by atoms with Gasteiger partial charge in [0.1, 0.15) is 11.4 Å². The van der Waals surface area contributed by atoms with Gasteiger partial charge in [-0.1, -0.05) is 6.07 Å². The Morgan fingerprint density at radius 2 is 2.20 bits per heavy atom. The van der Waals surface area contributed by atoms with Crippen LogP contribution in [0.5, 0.6) is 5.75 Å². The molecule has 0 spiro atoms. The summed E-state index contributed by atoms with van der Waals surface area (Å²) in [4.78, 5) is 14.7. The largest absolute Gasteiger partial charge is 0.506 e. The molecule has 2 rings (SSSR count). The van der Waals surface area contributed by atoms with Crippen LogP contribution in [0.25, 0.3) is 5.69 Å². The second kappa shape index (κ2) is 3.45. The molecular weight excluding hydrogens is 196 g/mol. The van der Waals surface area contributed by atoms with Gasteiger partial charge in [-0.25, -0.2) is 9.78 Å². The zero-order chi connectivity index (χ0) is 10.8. The van der Waals surface area contributed by atoms with E-state index in [2.05, 4.69) is 4.98 Å². The van der Waals surface area contributed by atoms with Crippen LogP contribution < -0.4 is 0 Å². The maximum absolute atomic E-state index is 10.9. The summed E-state index contributed by atoms with van der Waals surface area (Å²) in [5, 5.41) is 18.5. The Hall–Kier alpha value is -2.30. The van der Waals surface area contributed by atoms with Gasteiger partial charge < -0.3 is 14.8 Å². The number of benzene rings is 1. The Labute approximate surface area is 85.2 Å². The molecule has 0 amide bonds. The molecule has 0 aliphatic carbocycles. The van der Waals surface area contributed by atoms with Crippen molar-refractivity contribution in [1.82, 2.24) is 9.55 Å². The monoisotopic (exact) mass is 204 g/mol. The van der Waals surface area contributed by atoms with E-state index < -0.39 is 5.97 Å². The SMILES string of the molecule is O=C(O)c1cccc(O)c1-n1ccnc1. The third kappa shape index (κ3) is 1.54. The fourth-order valence-electron chi connectivity index (χ4n) is 1.37. The van der Waals surface area contributed by atoms with Crippen LogP contribution in [0, 0.1) is 0 Å². The number of imidazole rings is 1. The number of para-hydroxylation sites is 1. The minimum atomic E-state index is -1.09. The highest BCUT2D eigenvalue weighted by molar-refractivity contribution is 5.93. The highest BCUT2D eigenvalue weighted by atomic mass is 16.4. The molecule has 1 heterocycles. The first-order chi connectivity index (χ1) is 7.20. The van der Waals surface area contributed by atoms with Gasteiger partial charge in [-0.2, -0.15) is 0 Å². The molecule has 0 radical (unpaired) electrons. The smallest absolute Gasteiger partial charge is 0.337 e. The number of carbonyl (C=O) groups is 1. The van der Waals surface area contributed by atoms with E-state index in [0.29, 0.717) is 0 Å². The maximum atomic E-state index is 10.9. The quantitative estimate of drug-likeness (QED) is 0.772. The Morgan fingerprint density at radius 3 is 2.80 bits per heavy atom. The molecule has 0 aliphatic heterocycles. The number of rotatable bonds is 2. The lowest BCUT2D eigenvalue weighted by Crippen LogP contribution is -2.04. The number of carboxylic acids is 1. The molecule has 2 aromatic rings. The van der Waals surface area contributed by atoms with Gasteiger partial charge in [-0.05, 0) is 12.1 Å². The second-order valence-corrected chi connectivity index (χ2v) is 2.95. The summed E-state index contributed by atoms with van der Waals surface area (Å²) in [6, 6.07) is 4.35. The molecule has 0 atom stereocenters. The highest BCUT2D eigenvalue weighted by Crippen LogP contribution is 2.25. The fraction of sp³-hybridized carbons (Fsp3) is 0. The first-order valence-electron chi connectivity index (χ1n) is 4.24. The summed E-state index contributed by atoms with van der Waals surface area (Å²) in [5.74, 6) is -1.18. The first kappa shape index (κ1) is 9.26. The third-order valence-electron chi connectivity index (χ3n) is 2.01. The minimum absolute atomic E-state index is 0.0352. The third-order valence-corrected chi connectivity index (χ3v) is 2.01. The van der Waals surface area contributed by atoms with Gasteiger partial charge in [0.2, 0.25) is 0 Å². The van der Waals surface area contributed by atoms with E-state index in [1.165, 1.54) is 35.3 Å². The van der Waals surface area contributed by atoms with Crippen LogP contribution >= 0.6 is 0 Å². The minimum Gasteiger partial charge on any atom is -0.506 e. The van der Waals surface area contributed by atoms with Crippen LogP contribution in [0.4, 0.5) is 0 Å². The van der Waals surface area contributed by atoms with Crippen LogP contribution in [-0.4, -0.2) is 25.7 Å². The lowest BCUT2D eigenvalue weighted by Gasteiger charge is -2.08. The van der Waals surface area contributed by atoms with Crippen molar-refractivity contribution in [3.05, 3.63) is 42.5 Å². The zero-order valence-electron chi connectivity index (χ0n) is 7.66. The van der Waals surface area contributed by atoms with Crippen LogP contribution in [0.15, 0.2) is 36.9 Å². The van der Waals surface area contributed by atoms with Crippen molar-refractivity contribution in [3.63, 3.8) is 0 Å². The molecular formula is C10H8N2O3. The van der Waals surface area contributed by atoms with E-state index >= 15 is 0 Å². The molecule has 0 saturated carbocycles. The van der Waals surface area contributed by atoms with Gasteiger partial charge in [0.15, 0.2) is 0 Å². The lowest BCUT2D eigenvalue weighted by atomic mass is 10.1. The van der Waals surface area contributed by atoms with Gasteiger partial charge >= 0.3 is 5.97 Å². The molecule has 0 bridgehead atoms. The molecule has 5 nitrogen and oxygen atoms in total. The van der Waals surface area contributed by atoms with Crippen LogP contribution in [0.3, 0.4) is 0 Å². The summed E-state index contributed by atoms with van der Waals surface area (Å²) >= 11 is 0. The van der Waals surface area contributed by atoms with Crippen molar-refractivity contribution in [3.8, 4) is 11.4 Å². The fourth-order valence-corrected chi connectivity index (χ4v) is 1.37. The van der Waals surface area contributed by atoms with Crippen LogP contribution in [0.1, 0.15) is 10.4 Å². The molecule has 0 unspecified atom stereocenters. The topological polar surface area (TPSA) is 75.3 Å². The summed E-state index contributed by atoms with van der Waals surface area (Å²) in [6.45, 7) is 0. The lowest BCUT2D eigenvalue weighted by molar-refractivity contribution is 0.0696. The number of carboxylic acid groups (broad SMARTS) is 1. The van der Waals surface area contributed by atoms with Crippen molar-refractivity contribution >= 4 is 5.97 Å². The van der Waals surface area contributed by atoms with Gasteiger partial charge in [-0.15, -0.1) is 0 Å². The summed E-state index contributed by atoms with van der Waals surface area (Å²) in [5.41, 5.74) is 0.260. The van der Waals surface area contributed by atoms with Crippen molar-refractivity contribution in [2.45, 2.75) is 0 Å². The Kier molecular flexibility index (Phi) is 2.13. The summed E-state index contributed by atoms with van der Waals surface area (Å²) in [6.07, 6.45) is 4.51. The number of phenolic OH excluding ortho intramolecular Hbond substituents is 1. The molecule has 0 fully saturated rings. The number of aromatic carboxylic acids is 1. The predicted molar refractivity (Wildman–Crippen MR) is 52.2 cm³/mol. The number of nitrogens with zero attached hydrogens (tertiary/aromatic N) is 2. The molecule has 0 aliphatic rings. The van der Waals surface area contributed by atoms with E-state index in [-0.39, 0.29) is 17.0 Å². The van der Waals surface area contributed by atoms with Gasteiger partial charge in [-0.3, -0.25) is 0 Å². The van der Waals surface area contributed by atoms with E-state index in [0.717, 1.165) is 0 Å². The number of hydrogen-bond acceptors (Lipinski definition) is 3.